The van der Waals surface area contributed by atoms with Crippen molar-refractivity contribution in [3.63, 3.8) is 0 Å². The second-order valence-corrected chi connectivity index (χ2v) is 5.50. The minimum Gasteiger partial charge on any atom is -0.378 e. The number of hydrogen-bond acceptors (Lipinski definition) is 3. The van der Waals surface area contributed by atoms with Gasteiger partial charge in [0.2, 0.25) is 5.91 Å². The van der Waals surface area contributed by atoms with Crippen molar-refractivity contribution in [1.82, 2.24) is 10.6 Å². The number of rotatable bonds is 4. The zero-order chi connectivity index (χ0) is 11.2. The highest BCUT2D eigenvalue weighted by Gasteiger charge is 2.54. The van der Waals surface area contributed by atoms with Gasteiger partial charge in [-0.2, -0.15) is 0 Å². The van der Waals surface area contributed by atoms with Gasteiger partial charge in [0.25, 0.3) is 0 Å². The molecule has 3 aliphatic rings. The molecule has 2 saturated carbocycles. The Labute approximate surface area is 96.1 Å². The van der Waals surface area contributed by atoms with Crippen LogP contribution in [0.2, 0.25) is 0 Å². The van der Waals surface area contributed by atoms with Crippen molar-refractivity contribution in [2.75, 3.05) is 20.2 Å². The highest BCUT2D eigenvalue weighted by atomic mass is 16.5. The summed E-state index contributed by atoms with van der Waals surface area (Å²) in [5.41, 5.74) is -0.133. The molecule has 1 amide bonds. The van der Waals surface area contributed by atoms with Crippen molar-refractivity contribution in [3.05, 3.63) is 0 Å². The predicted molar refractivity (Wildman–Crippen MR) is 60.0 cm³/mol. The van der Waals surface area contributed by atoms with Crippen LogP contribution in [0.5, 0.6) is 0 Å². The molecule has 4 nitrogen and oxygen atoms in total. The van der Waals surface area contributed by atoms with Gasteiger partial charge in [-0.15, -0.1) is 0 Å². The monoisotopic (exact) mass is 224 g/mol. The van der Waals surface area contributed by atoms with Crippen LogP contribution in [-0.4, -0.2) is 37.7 Å². The van der Waals surface area contributed by atoms with E-state index in [1.165, 1.54) is 6.42 Å². The second-order valence-electron chi connectivity index (χ2n) is 5.50. The normalized spacial score (nSPS) is 38.7. The van der Waals surface area contributed by atoms with Crippen molar-refractivity contribution in [2.24, 2.45) is 11.8 Å². The number of carbonyl (C=O) groups is 1. The summed E-state index contributed by atoms with van der Waals surface area (Å²) in [4.78, 5) is 11.9. The summed E-state index contributed by atoms with van der Waals surface area (Å²) in [6.07, 6.45) is 3.82. The van der Waals surface area contributed by atoms with Gasteiger partial charge in [-0.25, -0.2) is 0 Å². The quantitative estimate of drug-likeness (QED) is 0.721. The lowest BCUT2D eigenvalue weighted by Gasteiger charge is -2.40. The molecular weight excluding hydrogens is 204 g/mol. The maximum absolute atomic E-state index is 11.9. The van der Waals surface area contributed by atoms with Crippen LogP contribution in [0.15, 0.2) is 0 Å². The van der Waals surface area contributed by atoms with E-state index in [4.69, 9.17) is 4.74 Å². The van der Waals surface area contributed by atoms with Gasteiger partial charge in [0.15, 0.2) is 0 Å². The van der Waals surface area contributed by atoms with Crippen LogP contribution in [0, 0.1) is 11.8 Å². The van der Waals surface area contributed by atoms with Gasteiger partial charge in [0.05, 0.1) is 12.0 Å². The molecular formula is C12H20N2O2. The Morgan fingerprint density at radius 2 is 2.12 bits per heavy atom. The number of fused-ring (bicyclic) bond motifs is 1. The molecule has 2 N–H and O–H groups in total. The number of ether oxygens (including phenoxy) is 1. The van der Waals surface area contributed by atoms with Crippen LogP contribution in [0.25, 0.3) is 0 Å². The predicted octanol–water partition coefficient (Wildman–Crippen LogP) is 0.280. The standard InChI is InChI=1S/C12H20N2O2/c1-16-12(3-2-4-12)5-10(15)14-11-8-6-13-7-9(8)11/h8-9,11,13H,2-7H2,1H3,(H,14,15). The smallest absolute Gasteiger partial charge is 0.223 e. The van der Waals surface area contributed by atoms with Gasteiger partial charge in [-0.1, -0.05) is 0 Å². The molecule has 16 heavy (non-hydrogen) atoms. The topological polar surface area (TPSA) is 50.4 Å². The van der Waals surface area contributed by atoms with Gasteiger partial charge in [-0.05, 0) is 31.1 Å². The third-order valence-corrected chi connectivity index (χ3v) is 4.60. The first kappa shape index (κ1) is 10.5. The maximum Gasteiger partial charge on any atom is 0.223 e. The summed E-state index contributed by atoms with van der Waals surface area (Å²) in [7, 11) is 1.72. The Kier molecular flexibility index (Phi) is 2.44. The van der Waals surface area contributed by atoms with E-state index < -0.39 is 0 Å². The average molecular weight is 224 g/mol. The van der Waals surface area contributed by atoms with E-state index in [9.17, 15) is 4.79 Å². The lowest BCUT2D eigenvalue weighted by atomic mass is 9.77. The first-order chi connectivity index (χ1) is 7.74. The molecule has 2 aliphatic carbocycles. The maximum atomic E-state index is 11.9. The van der Waals surface area contributed by atoms with E-state index in [-0.39, 0.29) is 11.5 Å². The zero-order valence-corrected chi connectivity index (χ0v) is 9.79. The van der Waals surface area contributed by atoms with Crippen molar-refractivity contribution >= 4 is 5.91 Å². The average Bonchev–Trinajstić information content (AvgIpc) is 2.69. The van der Waals surface area contributed by atoms with Gasteiger partial charge in [0.1, 0.15) is 0 Å². The minimum absolute atomic E-state index is 0.133. The molecule has 1 heterocycles. The molecule has 4 heteroatoms. The zero-order valence-electron chi connectivity index (χ0n) is 9.79. The highest BCUT2D eigenvalue weighted by Crippen LogP contribution is 2.42. The third kappa shape index (κ3) is 1.64. The Bertz CT molecular complexity index is 286. The van der Waals surface area contributed by atoms with E-state index in [1.54, 1.807) is 7.11 Å². The van der Waals surface area contributed by atoms with Crippen LogP contribution in [0.4, 0.5) is 0 Å². The minimum atomic E-state index is -0.133. The van der Waals surface area contributed by atoms with Crippen molar-refractivity contribution in [2.45, 2.75) is 37.3 Å². The SMILES string of the molecule is COC1(CC(=O)NC2C3CNCC32)CCC1. The van der Waals surface area contributed by atoms with Gasteiger partial charge in [0, 0.05) is 26.2 Å². The molecule has 0 aromatic heterocycles. The first-order valence-electron chi connectivity index (χ1n) is 6.29. The summed E-state index contributed by atoms with van der Waals surface area (Å²) >= 11 is 0. The van der Waals surface area contributed by atoms with Crippen molar-refractivity contribution < 1.29 is 9.53 Å². The summed E-state index contributed by atoms with van der Waals surface area (Å²) < 4.78 is 5.47. The number of hydrogen-bond donors (Lipinski definition) is 2. The van der Waals surface area contributed by atoms with E-state index >= 15 is 0 Å². The van der Waals surface area contributed by atoms with Gasteiger partial charge in [-0.3, -0.25) is 4.79 Å². The summed E-state index contributed by atoms with van der Waals surface area (Å²) in [6.45, 7) is 2.15. The van der Waals surface area contributed by atoms with Crippen molar-refractivity contribution in [3.8, 4) is 0 Å². The molecule has 0 spiro atoms. The fourth-order valence-electron chi connectivity index (χ4n) is 3.19. The second kappa shape index (κ2) is 3.70. The summed E-state index contributed by atoms with van der Waals surface area (Å²) in [5, 5.41) is 6.49. The molecule has 2 unspecified atom stereocenters. The van der Waals surface area contributed by atoms with Crippen molar-refractivity contribution in [1.29, 1.82) is 0 Å². The number of nitrogens with one attached hydrogen (secondary N) is 2. The Hall–Kier alpha value is -0.610. The van der Waals surface area contributed by atoms with Gasteiger partial charge < -0.3 is 15.4 Å². The number of methoxy groups -OCH3 is 1. The highest BCUT2D eigenvalue weighted by molar-refractivity contribution is 5.78. The van der Waals surface area contributed by atoms with Crippen LogP contribution in [0.3, 0.4) is 0 Å². The molecule has 3 fully saturated rings. The molecule has 0 aromatic rings. The lowest BCUT2D eigenvalue weighted by molar-refractivity contribution is -0.134. The summed E-state index contributed by atoms with van der Waals surface area (Å²) in [6, 6.07) is 0.447. The molecule has 3 rings (SSSR count). The lowest BCUT2D eigenvalue weighted by Crippen LogP contribution is -2.45. The number of piperidine rings is 1. The fourth-order valence-corrected chi connectivity index (χ4v) is 3.19. The van der Waals surface area contributed by atoms with Gasteiger partial charge >= 0.3 is 0 Å². The third-order valence-electron chi connectivity index (χ3n) is 4.60. The van der Waals surface area contributed by atoms with E-state index in [1.807, 2.05) is 0 Å². The number of amides is 1. The number of carbonyl (C=O) groups excluding carboxylic acids is 1. The first-order valence-corrected chi connectivity index (χ1v) is 6.29. The van der Waals surface area contributed by atoms with Crippen LogP contribution < -0.4 is 10.6 Å². The van der Waals surface area contributed by atoms with E-state index in [2.05, 4.69) is 10.6 Å². The largest absolute Gasteiger partial charge is 0.378 e. The molecule has 0 radical (unpaired) electrons. The Morgan fingerprint density at radius 3 is 2.62 bits per heavy atom. The Balaban J connectivity index is 1.47. The summed E-state index contributed by atoms with van der Waals surface area (Å²) in [5.74, 6) is 1.58. The molecule has 0 aromatic carbocycles. The van der Waals surface area contributed by atoms with E-state index in [0.717, 1.165) is 25.9 Å². The van der Waals surface area contributed by atoms with Crippen LogP contribution in [0.1, 0.15) is 25.7 Å². The molecule has 1 saturated heterocycles. The van der Waals surface area contributed by atoms with E-state index in [0.29, 0.717) is 24.3 Å². The fraction of sp³-hybridized carbons (Fsp3) is 0.917. The van der Waals surface area contributed by atoms with Crippen LogP contribution in [-0.2, 0) is 9.53 Å². The molecule has 2 atom stereocenters. The molecule has 1 aliphatic heterocycles. The molecule has 0 bridgehead atoms. The van der Waals surface area contributed by atoms with Crippen LogP contribution >= 0.6 is 0 Å². The molecule has 90 valence electrons. The Morgan fingerprint density at radius 1 is 1.44 bits per heavy atom.